The van der Waals surface area contributed by atoms with E-state index < -0.39 is 148 Å². The summed E-state index contributed by atoms with van der Waals surface area (Å²) in [5, 5.41) is 62.4. The molecule has 2 aromatic carbocycles. The maximum atomic E-state index is 13.9. The van der Waals surface area contributed by atoms with Crippen molar-refractivity contribution < 1.29 is 65.0 Å². The van der Waals surface area contributed by atoms with Crippen LogP contribution in [0.25, 0.3) is 10.9 Å². The fraction of sp³-hybridized carbons (Fsp3) is 0.257. The monoisotopic (exact) mass is 1010 g/mol. The molecular weight excluding hydrogens is 971 g/mol. The second-order valence-electron chi connectivity index (χ2n) is 14.0. The van der Waals surface area contributed by atoms with Crippen molar-refractivity contribution in [2.75, 3.05) is 5.32 Å². The van der Waals surface area contributed by atoms with Gasteiger partial charge in [0.05, 0.1) is 11.1 Å². The quantitative estimate of drug-likeness (QED) is 0.0217. The van der Waals surface area contributed by atoms with Crippen molar-refractivity contribution in [2.24, 2.45) is 34.4 Å². The van der Waals surface area contributed by atoms with Gasteiger partial charge in [0.2, 0.25) is 12.1 Å². The van der Waals surface area contributed by atoms with E-state index in [0.717, 1.165) is 12.1 Å². The third kappa shape index (κ3) is 16.4. The average molecular weight is 1010 g/mol. The van der Waals surface area contributed by atoms with E-state index in [1.165, 1.54) is 30.3 Å². The number of para-hydroxylation sites is 1. The van der Waals surface area contributed by atoms with Crippen molar-refractivity contribution in [3.05, 3.63) is 71.4 Å². The number of aliphatic hydroxyl groups is 1. The van der Waals surface area contributed by atoms with Crippen molar-refractivity contribution in [1.82, 2.24) is 58.2 Å². The van der Waals surface area contributed by atoms with E-state index in [4.69, 9.17) is 56.0 Å². The van der Waals surface area contributed by atoms with Gasteiger partial charge in [-0.1, -0.05) is 42.5 Å². The molecule has 0 aliphatic carbocycles. The highest BCUT2D eigenvalue weighted by molar-refractivity contribution is 6.01. The molecule has 0 aliphatic rings. The van der Waals surface area contributed by atoms with Gasteiger partial charge >= 0.3 is 12.4 Å². The Balaban J connectivity index is 1.93. The van der Waals surface area contributed by atoms with Crippen molar-refractivity contribution in [3.63, 3.8) is 0 Å². The minimum atomic E-state index is -5.33. The number of anilines is 1. The van der Waals surface area contributed by atoms with E-state index in [1.807, 2.05) is 53.2 Å². The van der Waals surface area contributed by atoms with Gasteiger partial charge in [0.1, 0.15) is 11.7 Å². The Bertz CT molecular complexity index is 2570. The van der Waals surface area contributed by atoms with Crippen molar-refractivity contribution >= 4 is 81.8 Å². The molecular formula is C35H44F6N22O8. The summed E-state index contributed by atoms with van der Waals surface area (Å²) in [6.45, 7) is 0. The number of benzene rings is 2. The van der Waals surface area contributed by atoms with E-state index in [1.54, 1.807) is 0 Å². The zero-order valence-corrected chi connectivity index (χ0v) is 35.7. The lowest BCUT2D eigenvalue weighted by Gasteiger charge is -2.28. The number of halogens is 6. The number of nitrogens with zero attached hydrogens (tertiary/aromatic N) is 1. The van der Waals surface area contributed by atoms with Gasteiger partial charge in [-0.05, 0) is 17.7 Å². The van der Waals surface area contributed by atoms with Gasteiger partial charge < -0.3 is 98.0 Å². The van der Waals surface area contributed by atoms with Gasteiger partial charge in [0.25, 0.3) is 35.4 Å². The van der Waals surface area contributed by atoms with Crippen LogP contribution in [0.4, 0.5) is 32.0 Å². The van der Waals surface area contributed by atoms with Crippen LogP contribution < -0.4 is 92.9 Å². The van der Waals surface area contributed by atoms with E-state index in [0.29, 0.717) is 6.07 Å². The van der Waals surface area contributed by atoms with Crippen molar-refractivity contribution in [3.8, 4) is 0 Å². The average Bonchev–Trinajstić information content (AvgIpc) is 3.25. The summed E-state index contributed by atoms with van der Waals surface area (Å²) < 4.78 is 82.9. The number of aliphatic hydroxyl groups excluding tert-OH is 1. The topological polar surface area (TPSA) is 536 Å². The minimum Gasteiger partial charge on any atom is -0.370 e. The lowest BCUT2D eigenvalue weighted by molar-refractivity contribution is -0.142. The molecule has 0 saturated heterocycles. The van der Waals surface area contributed by atoms with Gasteiger partial charge in [-0.2, -0.15) is 26.3 Å². The van der Waals surface area contributed by atoms with Crippen LogP contribution in [-0.2, 0) is 45.9 Å². The molecule has 7 amide bonds. The zero-order valence-electron chi connectivity index (χ0n) is 35.7. The van der Waals surface area contributed by atoms with Crippen LogP contribution in [0.1, 0.15) is 22.9 Å². The third-order valence-corrected chi connectivity index (χ3v) is 8.66. The number of aromatic nitrogens is 1. The Hall–Kier alpha value is -9.48. The molecule has 7 atom stereocenters. The van der Waals surface area contributed by atoms with E-state index in [-0.39, 0.29) is 11.6 Å². The summed E-state index contributed by atoms with van der Waals surface area (Å²) in [4.78, 5) is 95.1. The third-order valence-electron chi connectivity index (χ3n) is 8.66. The lowest BCUT2D eigenvalue weighted by Crippen LogP contribution is -2.69. The van der Waals surface area contributed by atoms with E-state index in [9.17, 15) is 65.0 Å². The number of rotatable bonds is 20. The van der Waals surface area contributed by atoms with Gasteiger partial charge in [0, 0.05) is 11.1 Å². The number of carbonyl (C=O) groups is 7. The molecule has 7 unspecified atom stereocenters. The fourth-order valence-electron chi connectivity index (χ4n) is 5.62. The normalized spacial score (nSPS) is 14.1. The first-order valence-corrected chi connectivity index (χ1v) is 19.3. The zero-order chi connectivity index (χ0) is 53.7. The Morgan fingerprint density at radius 1 is 0.535 bits per heavy atom. The van der Waals surface area contributed by atoms with Crippen molar-refractivity contribution in [1.29, 1.82) is 21.6 Å². The fourth-order valence-corrected chi connectivity index (χ4v) is 5.62. The second-order valence-corrected chi connectivity index (χ2v) is 14.0. The Labute approximate surface area is 392 Å². The van der Waals surface area contributed by atoms with Crippen LogP contribution in [0.2, 0.25) is 0 Å². The Kier molecular flexibility index (Phi) is 18.5. The number of nitrogens with one attached hydrogen (secondary N) is 15. The summed E-state index contributed by atoms with van der Waals surface area (Å²) in [5.41, 5.74) is 26.2. The molecule has 0 fully saturated rings. The number of hydrogen-bond donors (Lipinski definition) is 22. The second kappa shape index (κ2) is 23.5. The molecule has 1 heterocycles. The first-order valence-electron chi connectivity index (χ1n) is 19.3. The van der Waals surface area contributed by atoms with Crippen LogP contribution in [-0.4, -0.2) is 112 Å². The van der Waals surface area contributed by atoms with Crippen LogP contribution in [0, 0.1) is 21.6 Å². The summed E-state index contributed by atoms with van der Waals surface area (Å²) in [6, 6.07) is 7.00. The maximum Gasteiger partial charge on any atom is 0.433 e. The molecule has 28 N–H and O–H groups in total. The Morgan fingerprint density at radius 3 is 1.35 bits per heavy atom. The van der Waals surface area contributed by atoms with Crippen LogP contribution >= 0.6 is 0 Å². The SMILES string of the molecule is N=C(N)NC(NC(=O)C(NC(=N)N)NC(=O)C(NC(=N)N)NC(=O)C(NC(=N)N)NC(=O)C(NC(=O)C(O)Nc1cc(C(F)(F)F)nc2c(C(F)(F)F)cccc12)c1ccccc1)C(=O)NC(N)C(N)=O. The number of carbonyl (C=O) groups excluding carboxylic acids is 7. The first-order chi connectivity index (χ1) is 32.9. The predicted molar refractivity (Wildman–Crippen MR) is 232 cm³/mol. The molecule has 0 spiro atoms. The van der Waals surface area contributed by atoms with Crippen molar-refractivity contribution in [2.45, 2.75) is 55.5 Å². The number of nitrogens with two attached hydrogens (primary N) is 6. The van der Waals surface area contributed by atoms with Gasteiger partial charge in [-0.3, -0.25) is 55.2 Å². The van der Waals surface area contributed by atoms with E-state index in [2.05, 4.69) is 10.3 Å². The molecule has 384 valence electrons. The molecule has 0 bridgehead atoms. The molecule has 0 aliphatic heterocycles. The number of alkyl halides is 6. The summed E-state index contributed by atoms with van der Waals surface area (Å²) >= 11 is 0. The number of pyridine rings is 1. The maximum absolute atomic E-state index is 13.9. The summed E-state index contributed by atoms with van der Waals surface area (Å²) in [6.07, 6.45) is -23.7. The molecule has 0 saturated carbocycles. The van der Waals surface area contributed by atoms with E-state index >= 15 is 0 Å². The Morgan fingerprint density at radius 2 is 0.958 bits per heavy atom. The van der Waals surface area contributed by atoms with Crippen LogP contribution in [0.3, 0.4) is 0 Å². The number of primary amides is 1. The largest absolute Gasteiger partial charge is 0.433 e. The van der Waals surface area contributed by atoms with Crippen LogP contribution in [0.5, 0.6) is 0 Å². The molecule has 3 rings (SSSR count). The first kappa shape index (κ1) is 55.8. The lowest BCUT2D eigenvalue weighted by atomic mass is 10.1. The number of amides is 7. The molecule has 71 heavy (non-hydrogen) atoms. The highest BCUT2D eigenvalue weighted by atomic mass is 19.4. The van der Waals surface area contributed by atoms with Crippen LogP contribution in [0.15, 0.2) is 54.6 Å². The number of fused-ring (bicyclic) bond motifs is 1. The summed E-state index contributed by atoms with van der Waals surface area (Å²) in [5.74, 6) is -14.1. The number of hydrogen-bond acceptors (Lipinski definition) is 15. The molecule has 30 nitrogen and oxygen atoms in total. The highest BCUT2D eigenvalue weighted by Crippen LogP contribution is 2.39. The van der Waals surface area contributed by atoms with Gasteiger partial charge in [-0.15, -0.1) is 0 Å². The minimum absolute atomic E-state index is 0.122. The highest BCUT2D eigenvalue weighted by Gasteiger charge is 2.39. The predicted octanol–water partition coefficient (Wildman–Crippen LogP) is -6.55. The standard InChI is InChI=1S/C35H44F6N22O8/c36-34(37,38)12-8-4-7-11-13(9-14(35(39,40)41)53-16(11)12)52-28(70)29(71)54-15(10-5-2-1-3-6-10)23(65)56-20(61-31(46)47)25(67)58-22(63-33(50)51)27(69)59-21(62-32(48)49)26(68)57-19(60-30(44)45)24(66)55-17(42)18(43)64/h1-9,15,17,19-22,28,70H,42H2,(H2,43,64)(H,52,53)(H,54,71)(H,55,66)(H,56,65)(H,57,68)(H,58,67)(H,59,69)(H4,44,45,60)(H4,46,47,61)(H4,48,49,62)(H4,50,51,63). The summed E-state index contributed by atoms with van der Waals surface area (Å²) in [7, 11) is 0. The smallest absolute Gasteiger partial charge is 0.370 e. The number of guanidine groups is 4. The molecule has 36 heteroatoms. The van der Waals surface area contributed by atoms with Gasteiger partial charge in [0.15, 0.2) is 54.7 Å². The molecule has 1 aromatic heterocycles. The molecule has 0 radical (unpaired) electrons. The molecule has 3 aromatic rings. The van der Waals surface area contributed by atoms with Gasteiger partial charge in [-0.25, -0.2) is 4.98 Å².